The van der Waals surface area contributed by atoms with E-state index >= 15 is 0 Å². The summed E-state index contributed by atoms with van der Waals surface area (Å²) in [7, 11) is 1.45. The Hall–Kier alpha value is -1.95. The van der Waals surface area contributed by atoms with E-state index in [2.05, 4.69) is 0 Å². The van der Waals surface area contributed by atoms with Gasteiger partial charge in [0, 0.05) is 12.6 Å². The molecule has 1 aromatic rings. The molecule has 102 valence electrons. The monoisotopic (exact) mass is 267 g/mol. The van der Waals surface area contributed by atoms with Crippen LogP contribution >= 0.6 is 0 Å². The number of hydrogen-bond acceptors (Lipinski definition) is 3. The number of morpholine rings is 1. The summed E-state index contributed by atoms with van der Waals surface area (Å²) in [5.74, 6) is -2.14. The fourth-order valence-electron chi connectivity index (χ4n) is 2.18. The molecule has 6 heteroatoms. The van der Waals surface area contributed by atoms with Gasteiger partial charge in [-0.05, 0) is 13.0 Å². The molecule has 1 heterocycles. The number of carboxylic acids is 1. The maximum absolute atomic E-state index is 13.9. The van der Waals surface area contributed by atoms with Crippen molar-refractivity contribution < 1.29 is 23.8 Å². The number of halogens is 1. The molecule has 19 heavy (non-hydrogen) atoms. The number of aliphatic carboxylic acids is 1. The van der Waals surface area contributed by atoms with Gasteiger partial charge < -0.3 is 14.7 Å². The Morgan fingerprint density at radius 3 is 2.84 bits per heavy atom. The minimum Gasteiger partial charge on any atom is -0.479 e. The molecular formula is C13H14FNO4. The van der Waals surface area contributed by atoms with Gasteiger partial charge in [0.2, 0.25) is 5.91 Å². The van der Waals surface area contributed by atoms with Gasteiger partial charge in [0.1, 0.15) is 12.4 Å². The first kappa shape index (κ1) is 13.5. The number of carbonyl (C=O) groups excluding carboxylic acids is 1. The number of aryl methyl sites for hydroxylation is 1. The topological polar surface area (TPSA) is 66.8 Å². The molecule has 0 aliphatic carbocycles. The predicted octanol–water partition coefficient (Wildman–Crippen LogP) is 1.12. The summed E-state index contributed by atoms with van der Waals surface area (Å²) in [4.78, 5) is 24.1. The number of amides is 1. The zero-order valence-corrected chi connectivity index (χ0v) is 10.6. The van der Waals surface area contributed by atoms with Crippen LogP contribution in [0.2, 0.25) is 0 Å². The van der Waals surface area contributed by atoms with Crippen molar-refractivity contribution in [3.05, 3.63) is 35.1 Å². The van der Waals surface area contributed by atoms with Crippen molar-refractivity contribution in [2.75, 3.05) is 13.7 Å². The lowest BCUT2D eigenvalue weighted by Gasteiger charge is -2.37. The average Bonchev–Trinajstić information content (AvgIpc) is 2.35. The van der Waals surface area contributed by atoms with Gasteiger partial charge in [-0.1, -0.05) is 17.7 Å². The van der Waals surface area contributed by atoms with Crippen LogP contribution in [0.5, 0.6) is 0 Å². The molecule has 0 aromatic heterocycles. The summed E-state index contributed by atoms with van der Waals surface area (Å²) in [6.07, 6.45) is -1.26. The molecule has 1 amide bonds. The predicted molar refractivity (Wildman–Crippen MR) is 64.0 cm³/mol. The van der Waals surface area contributed by atoms with Crippen molar-refractivity contribution in [2.24, 2.45) is 0 Å². The Morgan fingerprint density at radius 2 is 2.21 bits per heavy atom. The molecule has 2 unspecified atom stereocenters. The van der Waals surface area contributed by atoms with E-state index in [0.717, 1.165) is 5.56 Å². The van der Waals surface area contributed by atoms with Crippen LogP contribution in [0.15, 0.2) is 18.2 Å². The van der Waals surface area contributed by atoms with E-state index < -0.39 is 23.9 Å². The maximum Gasteiger partial charge on any atom is 0.335 e. The number of carboxylic acid groups (broad SMARTS) is 1. The van der Waals surface area contributed by atoms with Gasteiger partial charge in [-0.25, -0.2) is 9.18 Å². The molecule has 0 radical (unpaired) electrons. The van der Waals surface area contributed by atoms with Crippen molar-refractivity contribution >= 4 is 11.9 Å². The number of carbonyl (C=O) groups is 2. The Kier molecular flexibility index (Phi) is 3.53. The third-order valence-electron chi connectivity index (χ3n) is 3.20. The molecule has 0 saturated carbocycles. The van der Waals surface area contributed by atoms with Crippen LogP contribution in [0, 0.1) is 12.7 Å². The second-order valence-corrected chi connectivity index (χ2v) is 4.54. The first-order chi connectivity index (χ1) is 8.91. The van der Waals surface area contributed by atoms with Crippen molar-refractivity contribution in [1.29, 1.82) is 0 Å². The molecule has 1 aromatic carbocycles. The van der Waals surface area contributed by atoms with Crippen molar-refractivity contribution in [2.45, 2.75) is 19.1 Å². The zero-order chi connectivity index (χ0) is 14.2. The quantitative estimate of drug-likeness (QED) is 0.872. The van der Waals surface area contributed by atoms with E-state index in [1.165, 1.54) is 24.1 Å². The summed E-state index contributed by atoms with van der Waals surface area (Å²) >= 11 is 0. The minimum atomic E-state index is -1.26. The molecule has 5 nitrogen and oxygen atoms in total. The van der Waals surface area contributed by atoms with Gasteiger partial charge in [-0.3, -0.25) is 4.79 Å². The molecule has 0 spiro atoms. The summed E-state index contributed by atoms with van der Waals surface area (Å²) < 4.78 is 18.9. The zero-order valence-electron chi connectivity index (χ0n) is 10.6. The van der Waals surface area contributed by atoms with E-state index in [1.807, 2.05) is 0 Å². The SMILES string of the molecule is Cc1ccc(F)c(C2C(C(=O)O)OCC(=O)N2C)c1. The summed E-state index contributed by atoms with van der Waals surface area (Å²) in [5.41, 5.74) is 0.940. The van der Waals surface area contributed by atoms with Gasteiger partial charge in [-0.2, -0.15) is 0 Å². The number of likely N-dealkylation sites (N-methyl/N-ethyl adjacent to an activating group) is 1. The van der Waals surface area contributed by atoms with Crippen molar-refractivity contribution in [3.63, 3.8) is 0 Å². The highest BCUT2D eigenvalue weighted by atomic mass is 19.1. The Bertz CT molecular complexity index is 531. The van der Waals surface area contributed by atoms with Crippen LogP contribution in [0.1, 0.15) is 17.2 Å². The fraction of sp³-hybridized carbons (Fsp3) is 0.385. The van der Waals surface area contributed by atoms with Crippen molar-refractivity contribution in [3.8, 4) is 0 Å². The molecule has 1 saturated heterocycles. The molecule has 2 atom stereocenters. The molecule has 1 aliphatic rings. The van der Waals surface area contributed by atoms with E-state index in [-0.39, 0.29) is 18.1 Å². The Balaban J connectivity index is 2.49. The molecule has 1 fully saturated rings. The van der Waals surface area contributed by atoms with Crippen LogP contribution < -0.4 is 0 Å². The molecule has 1 N–H and O–H groups in total. The minimum absolute atomic E-state index is 0.156. The smallest absolute Gasteiger partial charge is 0.335 e. The average molecular weight is 267 g/mol. The third-order valence-corrected chi connectivity index (χ3v) is 3.20. The number of ether oxygens (including phenoxy) is 1. The van der Waals surface area contributed by atoms with Crippen molar-refractivity contribution in [1.82, 2.24) is 4.90 Å². The van der Waals surface area contributed by atoms with Crippen LogP contribution in [0.25, 0.3) is 0 Å². The standard InChI is InChI=1S/C13H14FNO4/c1-7-3-4-9(14)8(5-7)11-12(13(17)18)19-6-10(16)15(11)2/h3-5,11-12H,6H2,1-2H3,(H,17,18). The van der Waals surface area contributed by atoms with E-state index in [4.69, 9.17) is 9.84 Å². The molecule has 1 aliphatic heterocycles. The van der Waals surface area contributed by atoms with Gasteiger partial charge in [0.15, 0.2) is 6.10 Å². The lowest BCUT2D eigenvalue weighted by molar-refractivity contribution is -0.171. The summed E-state index contributed by atoms with van der Waals surface area (Å²) in [5, 5.41) is 9.15. The van der Waals surface area contributed by atoms with Crippen LogP contribution in [-0.2, 0) is 14.3 Å². The van der Waals surface area contributed by atoms with Crippen LogP contribution in [0.4, 0.5) is 4.39 Å². The fourth-order valence-corrected chi connectivity index (χ4v) is 2.18. The third kappa shape index (κ3) is 2.44. The molecular weight excluding hydrogens is 253 g/mol. The highest BCUT2D eigenvalue weighted by molar-refractivity contribution is 5.82. The molecule has 0 bridgehead atoms. The maximum atomic E-state index is 13.9. The van der Waals surface area contributed by atoms with Gasteiger partial charge in [0.05, 0.1) is 6.04 Å². The van der Waals surface area contributed by atoms with Gasteiger partial charge >= 0.3 is 5.97 Å². The second kappa shape index (κ2) is 4.97. The lowest BCUT2D eigenvalue weighted by Crippen LogP contribution is -2.50. The number of nitrogens with zero attached hydrogens (tertiary/aromatic N) is 1. The summed E-state index contributed by atoms with van der Waals surface area (Å²) in [6.45, 7) is 1.46. The lowest BCUT2D eigenvalue weighted by atomic mass is 9.96. The van der Waals surface area contributed by atoms with Crippen LogP contribution in [-0.4, -0.2) is 41.6 Å². The van der Waals surface area contributed by atoms with Crippen LogP contribution in [0.3, 0.4) is 0 Å². The first-order valence-electron chi connectivity index (χ1n) is 5.78. The normalized spacial score (nSPS) is 23.5. The summed E-state index contributed by atoms with van der Waals surface area (Å²) in [6, 6.07) is 3.42. The highest BCUT2D eigenvalue weighted by Crippen LogP contribution is 2.31. The number of benzene rings is 1. The first-order valence-corrected chi connectivity index (χ1v) is 5.78. The second-order valence-electron chi connectivity index (χ2n) is 4.54. The van der Waals surface area contributed by atoms with E-state index in [0.29, 0.717) is 0 Å². The highest BCUT2D eigenvalue weighted by Gasteiger charge is 2.41. The largest absolute Gasteiger partial charge is 0.479 e. The van der Waals surface area contributed by atoms with E-state index in [1.54, 1.807) is 13.0 Å². The van der Waals surface area contributed by atoms with Gasteiger partial charge in [0.25, 0.3) is 0 Å². The number of rotatable bonds is 2. The van der Waals surface area contributed by atoms with E-state index in [9.17, 15) is 14.0 Å². The Labute approximate surface area is 109 Å². The molecule has 2 rings (SSSR count). The van der Waals surface area contributed by atoms with Gasteiger partial charge in [-0.15, -0.1) is 0 Å². The number of hydrogen-bond donors (Lipinski definition) is 1. The Morgan fingerprint density at radius 1 is 1.53 bits per heavy atom.